The van der Waals surface area contributed by atoms with Gasteiger partial charge in [-0.15, -0.1) is 10.2 Å². The van der Waals surface area contributed by atoms with Gasteiger partial charge in [-0.05, 0) is 18.6 Å². The molecule has 0 N–H and O–H groups in total. The first-order valence-corrected chi connectivity index (χ1v) is 7.20. The Morgan fingerprint density at radius 2 is 1.72 bits per heavy atom. The molecular weight excluding hydrogens is 222 g/mol. The molecule has 0 saturated carbocycles. The Bertz CT molecular complexity index is 461. The molecule has 0 aliphatic carbocycles. The number of pyridine rings is 1. The fourth-order valence-corrected chi connectivity index (χ4v) is 2.30. The van der Waals surface area contributed by atoms with E-state index in [1.165, 1.54) is 44.9 Å². The van der Waals surface area contributed by atoms with E-state index in [2.05, 4.69) is 21.5 Å². The Morgan fingerprint density at radius 3 is 2.56 bits per heavy atom. The van der Waals surface area contributed by atoms with E-state index in [1.54, 1.807) is 0 Å². The van der Waals surface area contributed by atoms with Crippen LogP contribution in [0.3, 0.4) is 0 Å². The molecule has 0 bridgehead atoms. The van der Waals surface area contributed by atoms with Crippen LogP contribution < -0.4 is 0 Å². The number of aryl methyl sites for hydroxylation is 1. The van der Waals surface area contributed by atoms with E-state index in [0.29, 0.717) is 0 Å². The Hall–Kier alpha value is -1.38. The van der Waals surface area contributed by atoms with Gasteiger partial charge in [0.05, 0.1) is 0 Å². The van der Waals surface area contributed by atoms with E-state index in [0.717, 1.165) is 17.9 Å². The summed E-state index contributed by atoms with van der Waals surface area (Å²) < 4.78 is 2.09. The molecule has 3 nitrogen and oxygen atoms in total. The lowest BCUT2D eigenvalue weighted by Crippen LogP contribution is -1.94. The maximum atomic E-state index is 4.26. The van der Waals surface area contributed by atoms with Gasteiger partial charge in [0.1, 0.15) is 5.82 Å². The van der Waals surface area contributed by atoms with Crippen LogP contribution in [0.1, 0.15) is 57.7 Å². The van der Waals surface area contributed by atoms with Crippen LogP contribution in [0.15, 0.2) is 24.4 Å². The summed E-state index contributed by atoms with van der Waals surface area (Å²) in [5.74, 6) is 1.10. The van der Waals surface area contributed by atoms with Crippen LogP contribution in [-0.2, 0) is 6.42 Å². The molecule has 98 valence electrons. The average Bonchev–Trinajstić information content (AvgIpc) is 2.81. The van der Waals surface area contributed by atoms with Gasteiger partial charge in [-0.2, -0.15) is 0 Å². The predicted molar refractivity (Wildman–Crippen MR) is 74.7 cm³/mol. The molecule has 2 heterocycles. The molecule has 2 aromatic heterocycles. The first kappa shape index (κ1) is 13.1. The number of nitrogens with zero attached hydrogens (tertiary/aromatic N) is 3. The fourth-order valence-electron chi connectivity index (χ4n) is 2.30. The van der Waals surface area contributed by atoms with E-state index < -0.39 is 0 Å². The van der Waals surface area contributed by atoms with Crippen LogP contribution in [0.25, 0.3) is 5.65 Å². The lowest BCUT2D eigenvalue weighted by atomic mass is 10.1. The number of hydrogen-bond donors (Lipinski definition) is 0. The maximum Gasteiger partial charge on any atom is 0.160 e. The summed E-state index contributed by atoms with van der Waals surface area (Å²) in [7, 11) is 0. The smallest absolute Gasteiger partial charge is 0.160 e. The van der Waals surface area contributed by atoms with Gasteiger partial charge in [0, 0.05) is 12.6 Å². The summed E-state index contributed by atoms with van der Waals surface area (Å²) in [6.45, 7) is 2.26. The summed E-state index contributed by atoms with van der Waals surface area (Å²) in [4.78, 5) is 0. The second kappa shape index (κ2) is 7.14. The monoisotopic (exact) mass is 245 g/mol. The molecule has 0 radical (unpaired) electrons. The van der Waals surface area contributed by atoms with Crippen molar-refractivity contribution < 1.29 is 0 Å². The Kier molecular flexibility index (Phi) is 5.18. The minimum atomic E-state index is 0.954. The molecule has 18 heavy (non-hydrogen) atoms. The first-order valence-electron chi connectivity index (χ1n) is 7.20. The number of rotatable bonds is 8. The van der Waals surface area contributed by atoms with Gasteiger partial charge in [0.2, 0.25) is 0 Å². The zero-order valence-corrected chi connectivity index (χ0v) is 11.3. The molecule has 0 unspecified atom stereocenters. The number of fused-ring (bicyclic) bond motifs is 1. The summed E-state index contributed by atoms with van der Waals surface area (Å²) in [5.41, 5.74) is 0.954. The van der Waals surface area contributed by atoms with Crippen molar-refractivity contribution in [1.29, 1.82) is 0 Å². The Labute approximate surface area is 109 Å². The van der Waals surface area contributed by atoms with Gasteiger partial charge in [-0.25, -0.2) is 0 Å². The lowest BCUT2D eigenvalue weighted by molar-refractivity contribution is 0.583. The zero-order chi connectivity index (χ0) is 12.6. The second-order valence-corrected chi connectivity index (χ2v) is 4.92. The van der Waals surface area contributed by atoms with Crippen LogP contribution in [0, 0.1) is 0 Å². The van der Waals surface area contributed by atoms with E-state index in [1.807, 2.05) is 24.4 Å². The van der Waals surface area contributed by atoms with Gasteiger partial charge in [0.15, 0.2) is 5.65 Å². The largest absolute Gasteiger partial charge is 0.286 e. The molecular formula is C15H23N3. The minimum absolute atomic E-state index is 0.954. The quantitative estimate of drug-likeness (QED) is 0.657. The SMILES string of the molecule is CCCCCCCCCc1nnc2ccccn12. The summed E-state index contributed by atoms with van der Waals surface area (Å²) in [6.07, 6.45) is 12.5. The van der Waals surface area contributed by atoms with Crippen LogP contribution >= 0.6 is 0 Å². The maximum absolute atomic E-state index is 4.26. The van der Waals surface area contributed by atoms with Crippen LogP contribution in [0.2, 0.25) is 0 Å². The normalized spacial score (nSPS) is 11.2. The van der Waals surface area contributed by atoms with Crippen molar-refractivity contribution in [2.24, 2.45) is 0 Å². The van der Waals surface area contributed by atoms with Gasteiger partial charge in [-0.3, -0.25) is 4.40 Å². The van der Waals surface area contributed by atoms with Crippen molar-refractivity contribution in [3.8, 4) is 0 Å². The first-order chi connectivity index (χ1) is 8.92. The van der Waals surface area contributed by atoms with Crippen molar-refractivity contribution in [1.82, 2.24) is 14.6 Å². The highest BCUT2D eigenvalue weighted by Gasteiger charge is 2.03. The van der Waals surface area contributed by atoms with Gasteiger partial charge in [-0.1, -0.05) is 51.5 Å². The molecule has 3 heteroatoms. The van der Waals surface area contributed by atoms with E-state index >= 15 is 0 Å². The molecule has 0 saturated heterocycles. The third-order valence-electron chi connectivity index (χ3n) is 3.39. The molecule has 0 spiro atoms. The average molecular weight is 245 g/mol. The highest BCUT2D eigenvalue weighted by atomic mass is 15.2. The number of unbranched alkanes of at least 4 members (excludes halogenated alkanes) is 6. The fraction of sp³-hybridized carbons (Fsp3) is 0.600. The Balaban J connectivity index is 1.70. The predicted octanol–water partition coefficient (Wildman–Crippen LogP) is 4.02. The van der Waals surface area contributed by atoms with Crippen molar-refractivity contribution in [2.75, 3.05) is 0 Å². The molecule has 0 fully saturated rings. The van der Waals surface area contributed by atoms with Crippen molar-refractivity contribution in [3.05, 3.63) is 30.2 Å². The summed E-state index contributed by atoms with van der Waals surface area (Å²) >= 11 is 0. The third kappa shape index (κ3) is 3.56. The van der Waals surface area contributed by atoms with Crippen LogP contribution in [0.5, 0.6) is 0 Å². The topological polar surface area (TPSA) is 30.2 Å². The van der Waals surface area contributed by atoms with E-state index in [9.17, 15) is 0 Å². The standard InChI is InChI=1S/C15H23N3/c1-2-3-4-5-6-7-8-11-14-16-17-15-12-9-10-13-18(14)15/h9-10,12-13H,2-8,11H2,1H3. The van der Waals surface area contributed by atoms with Crippen LogP contribution in [-0.4, -0.2) is 14.6 Å². The molecule has 2 rings (SSSR count). The molecule has 0 atom stereocenters. The second-order valence-electron chi connectivity index (χ2n) is 4.92. The zero-order valence-electron chi connectivity index (χ0n) is 11.3. The third-order valence-corrected chi connectivity index (χ3v) is 3.39. The molecule has 0 aliphatic rings. The molecule has 0 amide bonds. The van der Waals surface area contributed by atoms with Crippen molar-refractivity contribution in [2.45, 2.75) is 58.3 Å². The van der Waals surface area contributed by atoms with E-state index in [-0.39, 0.29) is 0 Å². The van der Waals surface area contributed by atoms with Crippen molar-refractivity contribution in [3.63, 3.8) is 0 Å². The van der Waals surface area contributed by atoms with Gasteiger partial charge in [0.25, 0.3) is 0 Å². The highest BCUT2D eigenvalue weighted by Crippen LogP contribution is 2.10. The Morgan fingerprint density at radius 1 is 0.944 bits per heavy atom. The molecule has 0 aliphatic heterocycles. The number of hydrogen-bond acceptors (Lipinski definition) is 2. The summed E-state index contributed by atoms with van der Waals surface area (Å²) in [6, 6.07) is 6.04. The number of aromatic nitrogens is 3. The molecule has 0 aromatic carbocycles. The highest BCUT2D eigenvalue weighted by molar-refractivity contribution is 5.36. The molecule has 2 aromatic rings. The van der Waals surface area contributed by atoms with E-state index in [4.69, 9.17) is 0 Å². The van der Waals surface area contributed by atoms with Gasteiger partial charge < -0.3 is 0 Å². The van der Waals surface area contributed by atoms with Gasteiger partial charge >= 0.3 is 0 Å². The van der Waals surface area contributed by atoms with Crippen LogP contribution in [0.4, 0.5) is 0 Å². The lowest BCUT2D eigenvalue weighted by Gasteiger charge is -2.01. The summed E-state index contributed by atoms with van der Waals surface area (Å²) in [5, 5.41) is 8.43. The minimum Gasteiger partial charge on any atom is -0.286 e. The van der Waals surface area contributed by atoms with Crippen molar-refractivity contribution >= 4 is 5.65 Å².